The summed E-state index contributed by atoms with van der Waals surface area (Å²) in [5.41, 5.74) is 7.96. The van der Waals surface area contributed by atoms with E-state index in [9.17, 15) is 0 Å². The predicted molar refractivity (Wildman–Crippen MR) is 88.1 cm³/mol. The molecule has 20 heavy (non-hydrogen) atoms. The van der Waals surface area contributed by atoms with Gasteiger partial charge in [0.15, 0.2) is 0 Å². The molecule has 3 nitrogen and oxygen atoms in total. The third-order valence-corrected chi connectivity index (χ3v) is 6.20. The lowest BCUT2D eigenvalue weighted by molar-refractivity contribution is 0.0211. The standard InChI is InChI=1S/C16H27N3S/c1-15(2)7-11-20-13-16(15,12-17)19(3)10-6-14-4-8-18-9-5-14/h4-5,8-9H,6-7,10-13,17H2,1-3H3. The van der Waals surface area contributed by atoms with Crippen molar-refractivity contribution in [1.82, 2.24) is 9.88 Å². The Labute approximate surface area is 127 Å². The van der Waals surface area contributed by atoms with Crippen molar-refractivity contribution in [3.63, 3.8) is 0 Å². The smallest absolute Gasteiger partial charge is 0.0470 e. The monoisotopic (exact) mass is 293 g/mol. The molecule has 4 heteroatoms. The Morgan fingerprint density at radius 1 is 1.35 bits per heavy atom. The summed E-state index contributed by atoms with van der Waals surface area (Å²) in [6.45, 7) is 6.54. The lowest BCUT2D eigenvalue weighted by Crippen LogP contribution is -2.64. The van der Waals surface area contributed by atoms with Crippen molar-refractivity contribution in [1.29, 1.82) is 0 Å². The van der Waals surface area contributed by atoms with Gasteiger partial charge in [-0.25, -0.2) is 0 Å². The molecule has 1 aromatic rings. The van der Waals surface area contributed by atoms with E-state index in [-0.39, 0.29) is 11.0 Å². The highest BCUT2D eigenvalue weighted by Crippen LogP contribution is 2.44. The average Bonchev–Trinajstić information content (AvgIpc) is 2.46. The van der Waals surface area contributed by atoms with Crippen molar-refractivity contribution in [3.8, 4) is 0 Å². The van der Waals surface area contributed by atoms with Crippen molar-refractivity contribution < 1.29 is 0 Å². The minimum atomic E-state index is 0.114. The van der Waals surface area contributed by atoms with Gasteiger partial charge in [-0.1, -0.05) is 13.8 Å². The molecule has 1 unspecified atom stereocenters. The number of pyridine rings is 1. The van der Waals surface area contributed by atoms with Crippen LogP contribution < -0.4 is 5.73 Å². The Kier molecular flexibility index (Phi) is 5.10. The number of likely N-dealkylation sites (N-methyl/N-ethyl adjacent to an activating group) is 1. The highest BCUT2D eigenvalue weighted by atomic mass is 32.2. The van der Waals surface area contributed by atoms with Crippen LogP contribution in [0.15, 0.2) is 24.5 Å². The fourth-order valence-corrected chi connectivity index (χ4v) is 5.04. The second kappa shape index (κ2) is 6.46. The van der Waals surface area contributed by atoms with Crippen LogP contribution in [0.1, 0.15) is 25.8 Å². The number of thioether (sulfide) groups is 1. The van der Waals surface area contributed by atoms with Gasteiger partial charge >= 0.3 is 0 Å². The first kappa shape index (κ1) is 15.8. The highest BCUT2D eigenvalue weighted by molar-refractivity contribution is 7.99. The van der Waals surface area contributed by atoms with Gasteiger partial charge in [-0.15, -0.1) is 0 Å². The molecule has 0 aromatic carbocycles. The molecule has 112 valence electrons. The minimum absolute atomic E-state index is 0.114. The van der Waals surface area contributed by atoms with Crippen molar-refractivity contribution in [2.75, 3.05) is 31.6 Å². The first-order valence-corrected chi connectivity index (χ1v) is 8.55. The van der Waals surface area contributed by atoms with Crippen LogP contribution in [0.25, 0.3) is 0 Å². The maximum atomic E-state index is 6.22. The number of nitrogens with two attached hydrogens (primary N) is 1. The maximum Gasteiger partial charge on any atom is 0.0470 e. The van der Waals surface area contributed by atoms with E-state index in [2.05, 4.69) is 42.9 Å². The first-order valence-electron chi connectivity index (χ1n) is 7.40. The second-order valence-electron chi connectivity index (χ2n) is 6.45. The fraction of sp³-hybridized carbons (Fsp3) is 0.688. The minimum Gasteiger partial charge on any atom is -0.329 e. The number of rotatable bonds is 5. The summed E-state index contributed by atoms with van der Waals surface area (Å²) in [7, 11) is 2.24. The van der Waals surface area contributed by atoms with E-state index in [0.29, 0.717) is 0 Å². The molecule has 0 spiro atoms. The van der Waals surface area contributed by atoms with Gasteiger partial charge in [-0.3, -0.25) is 9.88 Å². The van der Waals surface area contributed by atoms with Crippen molar-refractivity contribution in [3.05, 3.63) is 30.1 Å². The predicted octanol–water partition coefficient (Wildman–Crippen LogP) is 2.42. The number of hydrogen-bond donors (Lipinski definition) is 1. The number of nitrogens with zero attached hydrogens (tertiary/aromatic N) is 2. The van der Waals surface area contributed by atoms with E-state index in [1.54, 1.807) is 0 Å². The van der Waals surface area contributed by atoms with E-state index in [0.717, 1.165) is 25.3 Å². The average molecular weight is 293 g/mol. The van der Waals surface area contributed by atoms with Crippen LogP contribution in [-0.2, 0) is 6.42 Å². The Morgan fingerprint density at radius 3 is 2.65 bits per heavy atom. The summed E-state index contributed by atoms with van der Waals surface area (Å²) in [6.07, 6.45) is 6.04. The maximum absolute atomic E-state index is 6.22. The van der Waals surface area contributed by atoms with Gasteiger partial charge in [0, 0.05) is 36.8 Å². The summed E-state index contributed by atoms with van der Waals surface area (Å²) < 4.78 is 0. The van der Waals surface area contributed by atoms with Gasteiger partial charge in [0.05, 0.1) is 0 Å². The number of aromatic nitrogens is 1. The van der Waals surface area contributed by atoms with E-state index < -0.39 is 0 Å². The Balaban J connectivity index is 2.06. The van der Waals surface area contributed by atoms with Crippen LogP contribution in [0, 0.1) is 5.41 Å². The van der Waals surface area contributed by atoms with E-state index in [1.165, 1.54) is 17.7 Å². The molecule has 0 saturated carbocycles. The third-order valence-electron chi connectivity index (χ3n) is 5.03. The molecule has 0 bridgehead atoms. The molecule has 2 heterocycles. The normalized spacial score (nSPS) is 25.9. The molecular formula is C16H27N3S. The van der Waals surface area contributed by atoms with Gasteiger partial charge in [0.25, 0.3) is 0 Å². The molecule has 2 rings (SSSR count). The summed E-state index contributed by atoms with van der Waals surface area (Å²) in [4.78, 5) is 6.58. The van der Waals surface area contributed by atoms with E-state index in [4.69, 9.17) is 5.73 Å². The summed E-state index contributed by atoms with van der Waals surface area (Å²) >= 11 is 2.05. The Hall–Kier alpha value is -0.580. The van der Waals surface area contributed by atoms with E-state index >= 15 is 0 Å². The largest absolute Gasteiger partial charge is 0.329 e. The highest BCUT2D eigenvalue weighted by Gasteiger charge is 2.48. The number of hydrogen-bond acceptors (Lipinski definition) is 4. The Morgan fingerprint density at radius 2 is 2.05 bits per heavy atom. The first-order chi connectivity index (χ1) is 9.52. The lowest BCUT2D eigenvalue weighted by atomic mass is 9.70. The summed E-state index contributed by atoms with van der Waals surface area (Å²) in [5.74, 6) is 2.40. The van der Waals surface area contributed by atoms with Crippen LogP contribution in [0.5, 0.6) is 0 Å². The van der Waals surface area contributed by atoms with E-state index in [1.807, 2.05) is 24.2 Å². The zero-order valence-electron chi connectivity index (χ0n) is 12.9. The SMILES string of the molecule is CN(CCc1ccncc1)C1(CN)CSCCC1(C)C. The van der Waals surface area contributed by atoms with Gasteiger partial charge in [0.2, 0.25) is 0 Å². The van der Waals surface area contributed by atoms with Crippen LogP contribution in [-0.4, -0.2) is 47.1 Å². The second-order valence-corrected chi connectivity index (χ2v) is 7.55. The summed E-state index contributed by atoms with van der Waals surface area (Å²) in [5, 5.41) is 0. The van der Waals surface area contributed by atoms with Crippen molar-refractivity contribution >= 4 is 11.8 Å². The molecule has 1 aliphatic rings. The lowest BCUT2D eigenvalue weighted by Gasteiger charge is -2.54. The molecule has 2 N–H and O–H groups in total. The molecule has 1 saturated heterocycles. The van der Waals surface area contributed by atoms with Crippen LogP contribution in [0.3, 0.4) is 0 Å². The fourth-order valence-electron chi connectivity index (χ4n) is 3.17. The summed E-state index contributed by atoms with van der Waals surface area (Å²) in [6, 6.07) is 4.20. The molecule has 0 aliphatic carbocycles. The van der Waals surface area contributed by atoms with Gasteiger partial charge in [-0.2, -0.15) is 11.8 Å². The zero-order valence-corrected chi connectivity index (χ0v) is 13.7. The Bertz CT molecular complexity index is 421. The van der Waals surface area contributed by atoms with Gasteiger partial charge in [-0.05, 0) is 48.8 Å². The zero-order chi connectivity index (χ0) is 14.6. The quantitative estimate of drug-likeness (QED) is 0.905. The van der Waals surface area contributed by atoms with Gasteiger partial charge < -0.3 is 5.73 Å². The third kappa shape index (κ3) is 3.02. The van der Waals surface area contributed by atoms with Crippen LogP contribution >= 0.6 is 11.8 Å². The molecule has 1 atom stereocenters. The molecule has 0 amide bonds. The molecule has 1 fully saturated rings. The molecule has 1 aromatic heterocycles. The molecular weight excluding hydrogens is 266 g/mol. The molecule has 1 aliphatic heterocycles. The topological polar surface area (TPSA) is 42.2 Å². The van der Waals surface area contributed by atoms with Crippen LogP contribution in [0.4, 0.5) is 0 Å². The van der Waals surface area contributed by atoms with Gasteiger partial charge in [0.1, 0.15) is 0 Å². The van der Waals surface area contributed by atoms with Crippen molar-refractivity contribution in [2.45, 2.75) is 32.2 Å². The van der Waals surface area contributed by atoms with Crippen molar-refractivity contribution in [2.24, 2.45) is 11.1 Å². The van der Waals surface area contributed by atoms with Crippen LogP contribution in [0.2, 0.25) is 0 Å². The molecule has 0 radical (unpaired) electrons.